The highest BCUT2D eigenvalue weighted by atomic mass is 15.1. The van der Waals surface area contributed by atoms with E-state index in [1.165, 1.54) is 25.9 Å². The minimum atomic E-state index is 0.756. The van der Waals surface area contributed by atoms with Gasteiger partial charge < -0.3 is 15.5 Å². The summed E-state index contributed by atoms with van der Waals surface area (Å²) in [5.41, 5.74) is 0. The van der Waals surface area contributed by atoms with Gasteiger partial charge in [-0.05, 0) is 38.9 Å². The predicted molar refractivity (Wildman–Crippen MR) is 70.3 cm³/mol. The number of nitrogens with one attached hydrogen (secondary N) is 2. The van der Waals surface area contributed by atoms with E-state index in [4.69, 9.17) is 0 Å². The maximum absolute atomic E-state index is 4.40. The predicted octanol–water partition coefficient (Wildman–Crippen LogP) is 1.27. The summed E-state index contributed by atoms with van der Waals surface area (Å²) in [5.74, 6) is 2.42. The quantitative estimate of drug-likeness (QED) is 0.823. The van der Waals surface area contributed by atoms with Gasteiger partial charge in [0.25, 0.3) is 0 Å². The van der Waals surface area contributed by atoms with Gasteiger partial charge in [-0.15, -0.1) is 0 Å². The molecule has 2 heterocycles. The number of anilines is 2. The molecule has 0 atom stereocenters. The molecule has 94 valence electrons. The number of hydrogen-bond acceptors (Lipinski definition) is 5. The second-order valence-corrected chi connectivity index (χ2v) is 4.67. The van der Waals surface area contributed by atoms with Crippen molar-refractivity contribution in [1.82, 2.24) is 14.9 Å². The highest BCUT2D eigenvalue weighted by molar-refractivity contribution is 5.40. The maximum atomic E-state index is 4.40. The van der Waals surface area contributed by atoms with Gasteiger partial charge in [0.1, 0.15) is 11.6 Å². The largest absolute Gasteiger partial charge is 0.372 e. The van der Waals surface area contributed by atoms with Gasteiger partial charge in [0.15, 0.2) is 0 Å². The van der Waals surface area contributed by atoms with Gasteiger partial charge in [0.2, 0.25) is 0 Å². The second kappa shape index (κ2) is 5.82. The molecule has 1 aromatic heterocycles. The molecule has 2 rings (SSSR count). The smallest absolute Gasteiger partial charge is 0.146 e. The van der Waals surface area contributed by atoms with Crippen LogP contribution in [0.3, 0.4) is 0 Å². The summed E-state index contributed by atoms with van der Waals surface area (Å²) in [6, 6.07) is 0. The molecule has 0 spiro atoms. The number of aromatic nitrogens is 2. The SMILES string of the molecule is CNc1cncc(NCC2CCN(C)CC2)n1. The highest BCUT2D eigenvalue weighted by Gasteiger charge is 2.16. The van der Waals surface area contributed by atoms with E-state index >= 15 is 0 Å². The minimum absolute atomic E-state index is 0.756. The first-order chi connectivity index (χ1) is 8.28. The molecular formula is C12H21N5. The molecule has 0 unspecified atom stereocenters. The zero-order valence-corrected chi connectivity index (χ0v) is 10.6. The van der Waals surface area contributed by atoms with E-state index in [0.29, 0.717) is 0 Å². The molecule has 0 amide bonds. The fourth-order valence-electron chi connectivity index (χ4n) is 2.09. The number of nitrogens with zero attached hydrogens (tertiary/aromatic N) is 3. The lowest BCUT2D eigenvalue weighted by atomic mass is 9.97. The Labute approximate surface area is 103 Å². The van der Waals surface area contributed by atoms with Crippen LogP contribution in [0.5, 0.6) is 0 Å². The van der Waals surface area contributed by atoms with Crippen molar-refractivity contribution in [3.8, 4) is 0 Å². The Hall–Kier alpha value is -1.36. The highest BCUT2D eigenvalue weighted by Crippen LogP contribution is 2.16. The zero-order valence-electron chi connectivity index (χ0n) is 10.6. The molecule has 1 saturated heterocycles. The van der Waals surface area contributed by atoms with Crippen molar-refractivity contribution < 1.29 is 0 Å². The van der Waals surface area contributed by atoms with Crippen molar-refractivity contribution >= 4 is 11.6 Å². The fraction of sp³-hybridized carbons (Fsp3) is 0.667. The first kappa shape index (κ1) is 12.1. The molecule has 5 nitrogen and oxygen atoms in total. The summed E-state index contributed by atoms with van der Waals surface area (Å²) in [7, 11) is 4.04. The molecule has 1 aliphatic rings. The molecule has 0 bridgehead atoms. The fourth-order valence-corrected chi connectivity index (χ4v) is 2.09. The molecule has 1 fully saturated rings. The maximum Gasteiger partial charge on any atom is 0.146 e. The standard InChI is InChI=1S/C12H21N5/c1-13-11-8-14-9-12(16-11)15-7-10-3-5-17(2)6-4-10/h8-10H,3-7H2,1-2H3,(H2,13,15,16). The van der Waals surface area contributed by atoms with Crippen LogP contribution in [0, 0.1) is 5.92 Å². The number of piperidine rings is 1. The van der Waals surface area contributed by atoms with Crippen molar-refractivity contribution in [2.24, 2.45) is 5.92 Å². The summed E-state index contributed by atoms with van der Waals surface area (Å²) in [5, 5.41) is 6.36. The molecule has 0 radical (unpaired) electrons. The van der Waals surface area contributed by atoms with E-state index in [9.17, 15) is 0 Å². The molecule has 0 saturated carbocycles. The van der Waals surface area contributed by atoms with Gasteiger partial charge in [-0.1, -0.05) is 0 Å². The van der Waals surface area contributed by atoms with Crippen LogP contribution in [0.4, 0.5) is 11.6 Å². The van der Waals surface area contributed by atoms with Crippen molar-refractivity contribution in [1.29, 1.82) is 0 Å². The van der Waals surface area contributed by atoms with Crippen LogP contribution in [-0.4, -0.2) is 48.6 Å². The molecule has 1 aromatic rings. The number of rotatable bonds is 4. The van der Waals surface area contributed by atoms with Crippen LogP contribution < -0.4 is 10.6 Å². The number of likely N-dealkylation sites (tertiary alicyclic amines) is 1. The van der Waals surface area contributed by atoms with E-state index in [-0.39, 0.29) is 0 Å². The van der Waals surface area contributed by atoms with E-state index < -0.39 is 0 Å². The summed E-state index contributed by atoms with van der Waals surface area (Å²) >= 11 is 0. The van der Waals surface area contributed by atoms with Crippen LogP contribution in [0.25, 0.3) is 0 Å². The van der Waals surface area contributed by atoms with Crippen molar-refractivity contribution in [2.45, 2.75) is 12.8 Å². The van der Waals surface area contributed by atoms with Crippen LogP contribution in [0.2, 0.25) is 0 Å². The zero-order chi connectivity index (χ0) is 12.1. The molecule has 17 heavy (non-hydrogen) atoms. The Morgan fingerprint density at radius 1 is 1.29 bits per heavy atom. The first-order valence-corrected chi connectivity index (χ1v) is 6.20. The van der Waals surface area contributed by atoms with E-state index in [0.717, 1.165) is 24.1 Å². The van der Waals surface area contributed by atoms with Gasteiger partial charge in [0.05, 0.1) is 12.4 Å². The Bertz CT molecular complexity index is 347. The van der Waals surface area contributed by atoms with Gasteiger partial charge in [-0.25, -0.2) is 4.98 Å². The van der Waals surface area contributed by atoms with Crippen LogP contribution in [0.1, 0.15) is 12.8 Å². The average Bonchev–Trinajstić information content (AvgIpc) is 2.38. The van der Waals surface area contributed by atoms with Crippen LogP contribution in [0.15, 0.2) is 12.4 Å². The normalized spacial score (nSPS) is 18.0. The third-order valence-electron chi connectivity index (χ3n) is 3.30. The van der Waals surface area contributed by atoms with Crippen LogP contribution >= 0.6 is 0 Å². The van der Waals surface area contributed by atoms with E-state index in [2.05, 4.69) is 32.5 Å². The van der Waals surface area contributed by atoms with Crippen molar-refractivity contribution in [2.75, 3.05) is 44.4 Å². The first-order valence-electron chi connectivity index (χ1n) is 6.20. The Balaban J connectivity index is 1.81. The lowest BCUT2D eigenvalue weighted by Crippen LogP contribution is -2.33. The van der Waals surface area contributed by atoms with Gasteiger partial charge >= 0.3 is 0 Å². The van der Waals surface area contributed by atoms with Crippen molar-refractivity contribution in [3.05, 3.63) is 12.4 Å². The second-order valence-electron chi connectivity index (χ2n) is 4.67. The lowest BCUT2D eigenvalue weighted by molar-refractivity contribution is 0.226. The molecule has 0 aliphatic carbocycles. The molecule has 2 N–H and O–H groups in total. The van der Waals surface area contributed by atoms with Gasteiger partial charge in [-0.2, -0.15) is 0 Å². The molecule has 1 aliphatic heterocycles. The van der Waals surface area contributed by atoms with Gasteiger partial charge in [0, 0.05) is 13.6 Å². The summed E-state index contributed by atoms with van der Waals surface area (Å²) < 4.78 is 0. The topological polar surface area (TPSA) is 53.1 Å². The van der Waals surface area contributed by atoms with Gasteiger partial charge in [-0.3, -0.25) is 4.98 Å². The minimum Gasteiger partial charge on any atom is -0.372 e. The third kappa shape index (κ3) is 3.56. The molecular weight excluding hydrogens is 214 g/mol. The lowest BCUT2D eigenvalue weighted by Gasteiger charge is -2.29. The Kier molecular flexibility index (Phi) is 4.14. The Morgan fingerprint density at radius 3 is 2.71 bits per heavy atom. The average molecular weight is 235 g/mol. The summed E-state index contributed by atoms with van der Waals surface area (Å²) in [6.07, 6.45) is 6.03. The molecule has 5 heteroatoms. The number of hydrogen-bond donors (Lipinski definition) is 2. The third-order valence-corrected chi connectivity index (χ3v) is 3.30. The summed E-state index contributed by atoms with van der Waals surface area (Å²) in [4.78, 5) is 10.9. The van der Waals surface area contributed by atoms with Crippen molar-refractivity contribution in [3.63, 3.8) is 0 Å². The van der Waals surface area contributed by atoms with E-state index in [1.807, 2.05) is 7.05 Å². The monoisotopic (exact) mass is 235 g/mol. The van der Waals surface area contributed by atoms with Crippen LogP contribution in [-0.2, 0) is 0 Å². The molecule has 0 aromatic carbocycles. The Morgan fingerprint density at radius 2 is 2.00 bits per heavy atom. The van der Waals surface area contributed by atoms with E-state index in [1.54, 1.807) is 12.4 Å². The summed E-state index contributed by atoms with van der Waals surface area (Å²) in [6.45, 7) is 3.40.